The summed E-state index contributed by atoms with van der Waals surface area (Å²) in [5.41, 5.74) is 1.89. The number of ether oxygens (including phenoxy) is 1. The fourth-order valence-corrected chi connectivity index (χ4v) is 4.67. The van der Waals surface area contributed by atoms with Gasteiger partial charge in [0.25, 0.3) is 11.8 Å². The number of hydrogen-bond donors (Lipinski definition) is 0. The van der Waals surface area contributed by atoms with E-state index in [1.165, 1.54) is 4.90 Å². The predicted octanol–water partition coefficient (Wildman–Crippen LogP) is 1.04. The molecule has 3 aliphatic heterocycles. The summed E-state index contributed by atoms with van der Waals surface area (Å²) in [7, 11) is 0. The molecular weight excluding hydrogens is 436 g/mol. The summed E-state index contributed by atoms with van der Waals surface area (Å²) in [5, 5.41) is 8.45. The fourth-order valence-electron chi connectivity index (χ4n) is 4.67. The second-order valence-corrected chi connectivity index (χ2v) is 8.65. The van der Waals surface area contributed by atoms with E-state index in [4.69, 9.17) is 4.74 Å². The Balaban J connectivity index is 1.09. The molecule has 0 spiro atoms. The van der Waals surface area contributed by atoms with Gasteiger partial charge >= 0.3 is 0 Å². The maximum atomic E-state index is 12.7. The summed E-state index contributed by atoms with van der Waals surface area (Å²) < 4.78 is 5.41. The van der Waals surface area contributed by atoms with Gasteiger partial charge < -0.3 is 19.4 Å². The van der Waals surface area contributed by atoms with E-state index in [0.29, 0.717) is 50.3 Å². The molecule has 2 aromatic rings. The minimum absolute atomic E-state index is 0.0538. The van der Waals surface area contributed by atoms with Gasteiger partial charge in [-0.15, -0.1) is 5.10 Å². The van der Waals surface area contributed by atoms with Crippen LogP contribution >= 0.6 is 0 Å². The van der Waals surface area contributed by atoms with Crippen molar-refractivity contribution in [2.75, 3.05) is 68.8 Å². The van der Waals surface area contributed by atoms with Crippen LogP contribution in [0, 0.1) is 0 Å². The van der Waals surface area contributed by atoms with Crippen LogP contribution in [0.4, 0.5) is 11.5 Å². The molecule has 0 N–H and O–H groups in total. The zero-order valence-electron chi connectivity index (χ0n) is 19.1. The highest BCUT2D eigenvalue weighted by Crippen LogP contribution is 2.23. The van der Waals surface area contributed by atoms with Crippen molar-refractivity contribution in [1.82, 2.24) is 20.0 Å². The summed E-state index contributed by atoms with van der Waals surface area (Å²) in [6.45, 7) is 5.95. The number of imide groups is 1. The van der Waals surface area contributed by atoms with Gasteiger partial charge in [0.05, 0.1) is 36.2 Å². The molecule has 34 heavy (non-hydrogen) atoms. The molecule has 5 rings (SSSR count). The Hall–Kier alpha value is -3.53. The molecule has 2 fully saturated rings. The number of morpholine rings is 1. The van der Waals surface area contributed by atoms with Crippen molar-refractivity contribution in [3.63, 3.8) is 0 Å². The van der Waals surface area contributed by atoms with E-state index in [2.05, 4.69) is 26.1 Å². The van der Waals surface area contributed by atoms with Crippen LogP contribution in [0.2, 0.25) is 0 Å². The molecule has 0 saturated carbocycles. The molecule has 1 aromatic carbocycles. The largest absolute Gasteiger partial charge is 0.378 e. The summed E-state index contributed by atoms with van der Waals surface area (Å²) >= 11 is 0. The van der Waals surface area contributed by atoms with Crippen molar-refractivity contribution in [1.29, 1.82) is 0 Å². The van der Waals surface area contributed by atoms with Crippen LogP contribution in [0.5, 0.6) is 0 Å². The molecule has 10 nitrogen and oxygen atoms in total. The number of rotatable bonds is 6. The average molecular weight is 465 g/mol. The van der Waals surface area contributed by atoms with Gasteiger partial charge in [-0.2, -0.15) is 5.10 Å². The lowest BCUT2D eigenvalue weighted by molar-refractivity contribution is -0.131. The highest BCUT2D eigenvalue weighted by Gasteiger charge is 2.34. The van der Waals surface area contributed by atoms with Crippen LogP contribution in [0.1, 0.15) is 33.6 Å². The number of nitrogens with zero attached hydrogens (tertiary/aromatic N) is 6. The van der Waals surface area contributed by atoms with Crippen LogP contribution in [0.15, 0.2) is 36.5 Å². The molecule has 1 aromatic heterocycles. The number of amides is 3. The van der Waals surface area contributed by atoms with E-state index >= 15 is 0 Å². The number of aromatic nitrogens is 2. The van der Waals surface area contributed by atoms with Crippen molar-refractivity contribution < 1.29 is 19.1 Å². The first-order chi connectivity index (χ1) is 16.6. The van der Waals surface area contributed by atoms with Gasteiger partial charge in [0.15, 0.2) is 5.82 Å². The lowest BCUT2D eigenvalue weighted by Crippen LogP contribution is -2.49. The van der Waals surface area contributed by atoms with Gasteiger partial charge in [-0.25, -0.2) is 0 Å². The molecule has 3 amide bonds. The van der Waals surface area contributed by atoms with Gasteiger partial charge in [-0.1, -0.05) is 12.1 Å². The molecule has 0 aliphatic carbocycles. The highest BCUT2D eigenvalue weighted by molar-refractivity contribution is 6.21. The second-order valence-electron chi connectivity index (χ2n) is 8.65. The minimum Gasteiger partial charge on any atom is -0.378 e. The third kappa shape index (κ3) is 4.45. The summed E-state index contributed by atoms with van der Waals surface area (Å²) in [4.78, 5) is 45.2. The number of fused-ring (bicyclic) bond motifs is 1. The number of carbonyl (C=O) groups is 3. The van der Waals surface area contributed by atoms with Gasteiger partial charge in [0.2, 0.25) is 5.91 Å². The molecule has 0 bridgehead atoms. The Morgan fingerprint density at radius 3 is 2.26 bits per heavy atom. The van der Waals surface area contributed by atoms with Crippen molar-refractivity contribution in [3.8, 4) is 0 Å². The molecular formula is C24H28N6O4. The van der Waals surface area contributed by atoms with Gasteiger partial charge in [0, 0.05) is 58.3 Å². The van der Waals surface area contributed by atoms with Crippen LogP contribution in [0.25, 0.3) is 0 Å². The summed E-state index contributed by atoms with van der Waals surface area (Å²) in [5.74, 6) is 0.360. The normalized spacial score (nSPS) is 18.5. The predicted molar refractivity (Wildman–Crippen MR) is 125 cm³/mol. The molecule has 2 saturated heterocycles. The number of benzene rings is 1. The quantitative estimate of drug-likeness (QED) is 0.585. The first-order valence-corrected chi connectivity index (χ1v) is 11.8. The van der Waals surface area contributed by atoms with E-state index in [1.807, 2.05) is 4.90 Å². The molecule has 0 unspecified atom stereocenters. The Morgan fingerprint density at radius 1 is 0.912 bits per heavy atom. The van der Waals surface area contributed by atoms with Gasteiger partial charge in [-0.3, -0.25) is 19.3 Å². The Morgan fingerprint density at radius 2 is 1.59 bits per heavy atom. The van der Waals surface area contributed by atoms with Crippen molar-refractivity contribution in [3.05, 3.63) is 47.7 Å². The Bertz CT molecular complexity index is 1040. The molecule has 0 radical (unpaired) electrons. The first-order valence-electron chi connectivity index (χ1n) is 11.8. The highest BCUT2D eigenvalue weighted by atomic mass is 16.5. The molecule has 4 heterocycles. The Labute approximate surface area is 198 Å². The monoisotopic (exact) mass is 464 g/mol. The maximum absolute atomic E-state index is 12.7. The maximum Gasteiger partial charge on any atom is 0.261 e. The van der Waals surface area contributed by atoms with Gasteiger partial charge in [0.1, 0.15) is 0 Å². The van der Waals surface area contributed by atoms with Crippen molar-refractivity contribution >= 4 is 29.2 Å². The van der Waals surface area contributed by atoms with Crippen molar-refractivity contribution in [2.45, 2.75) is 12.8 Å². The van der Waals surface area contributed by atoms with E-state index in [9.17, 15) is 14.4 Å². The molecule has 0 atom stereocenters. The average Bonchev–Trinajstić information content (AvgIpc) is 3.14. The molecule has 178 valence electrons. The molecule has 3 aliphatic rings. The number of hydrogen-bond acceptors (Lipinski definition) is 8. The zero-order valence-corrected chi connectivity index (χ0v) is 19.1. The standard InChI is InChI=1S/C24H28N6O4/c31-22(6-3-7-30-23(32)19-4-1-2-5-20(19)24(30)33)29-10-8-27(9-11-29)18-16-21(26-25-17-18)28-12-14-34-15-13-28/h1-2,4-5,16-17H,3,6-15H2. The number of carbonyl (C=O) groups excluding carboxylic acids is 3. The number of anilines is 2. The SMILES string of the molecule is O=C(CCCN1C(=O)c2ccccc2C1=O)N1CCN(c2cnnc(N3CCOCC3)c2)CC1. The van der Waals surface area contributed by atoms with Crippen LogP contribution in [0.3, 0.4) is 0 Å². The van der Waals surface area contributed by atoms with E-state index in [-0.39, 0.29) is 24.3 Å². The van der Waals surface area contributed by atoms with Crippen LogP contribution in [-0.4, -0.2) is 96.7 Å². The van der Waals surface area contributed by atoms with Crippen LogP contribution in [-0.2, 0) is 9.53 Å². The summed E-state index contributed by atoms with van der Waals surface area (Å²) in [6, 6.07) is 8.90. The van der Waals surface area contributed by atoms with E-state index in [0.717, 1.165) is 37.7 Å². The smallest absolute Gasteiger partial charge is 0.261 e. The third-order valence-electron chi connectivity index (χ3n) is 6.61. The van der Waals surface area contributed by atoms with E-state index < -0.39 is 0 Å². The number of piperazine rings is 1. The molecule has 10 heteroatoms. The first kappa shape index (κ1) is 22.3. The zero-order chi connectivity index (χ0) is 23.5. The topological polar surface area (TPSA) is 99.2 Å². The lowest BCUT2D eigenvalue weighted by Gasteiger charge is -2.36. The van der Waals surface area contributed by atoms with Crippen LogP contribution < -0.4 is 9.80 Å². The van der Waals surface area contributed by atoms with E-state index in [1.54, 1.807) is 30.5 Å². The minimum atomic E-state index is -0.274. The van der Waals surface area contributed by atoms with Gasteiger partial charge in [-0.05, 0) is 18.6 Å². The second kappa shape index (κ2) is 9.76. The summed E-state index contributed by atoms with van der Waals surface area (Å²) in [6.07, 6.45) is 2.54. The lowest BCUT2D eigenvalue weighted by atomic mass is 10.1. The van der Waals surface area contributed by atoms with Crippen molar-refractivity contribution in [2.24, 2.45) is 0 Å². The Kier molecular flexibility index (Phi) is 6.39. The fraction of sp³-hybridized carbons (Fsp3) is 0.458. The third-order valence-corrected chi connectivity index (χ3v) is 6.61.